The number of piperazine rings is 1. The fourth-order valence-corrected chi connectivity index (χ4v) is 3.08. The second-order valence-electron chi connectivity index (χ2n) is 6.71. The number of nitro benzene ring substituents is 1. The van der Waals surface area contributed by atoms with Crippen molar-refractivity contribution in [1.29, 1.82) is 5.26 Å². The zero-order chi connectivity index (χ0) is 20.6. The number of nitro groups is 1. The van der Waals surface area contributed by atoms with Gasteiger partial charge in [-0.25, -0.2) is 0 Å². The molecule has 1 fully saturated rings. The van der Waals surface area contributed by atoms with E-state index in [1.165, 1.54) is 29.8 Å². The van der Waals surface area contributed by atoms with Gasteiger partial charge in [-0.3, -0.25) is 19.8 Å². The largest absolute Gasteiger partial charge is 0.374 e. The molecule has 2 aromatic carbocycles. The first-order valence-corrected chi connectivity index (χ1v) is 9.23. The van der Waals surface area contributed by atoms with Crippen molar-refractivity contribution in [1.82, 2.24) is 9.80 Å². The number of nitrogens with zero attached hydrogens (tertiary/aromatic N) is 4. The Hall–Kier alpha value is -3.70. The van der Waals surface area contributed by atoms with Gasteiger partial charge in [-0.2, -0.15) is 5.26 Å². The molecule has 0 atom stereocenters. The molecule has 29 heavy (non-hydrogen) atoms. The second kappa shape index (κ2) is 9.48. The number of hydrogen-bond donors (Lipinski definition) is 1. The average Bonchev–Trinajstić information content (AvgIpc) is 2.74. The van der Waals surface area contributed by atoms with Crippen LogP contribution in [0.15, 0.2) is 66.4 Å². The molecule has 0 aliphatic carbocycles. The van der Waals surface area contributed by atoms with Gasteiger partial charge in [-0.15, -0.1) is 0 Å². The van der Waals surface area contributed by atoms with Crippen molar-refractivity contribution in [2.45, 2.75) is 6.54 Å². The summed E-state index contributed by atoms with van der Waals surface area (Å²) < 4.78 is 0. The Balaban J connectivity index is 1.55. The molecule has 2 aromatic rings. The van der Waals surface area contributed by atoms with Crippen LogP contribution in [0.4, 0.5) is 11.4 Å². The van der Waals surface area contributed by atoms with Crippen molar-refractivity contribution < 1.29 is 9.72 Å². The first kappa shape index (κ1) is 20.0. The maximum absolute atomic E-state index is 12.4. The summed E-state index contributed by atoms with van der Waals surface area (Å²) in [5.41, 5.74) is 1.60. The maximum atomic E-state index is 12.4. The van der Waals surface area contributed by atoms with Crippen molar-refractivity contribution in [2.75, 3.05) is 31.5 Å². The van der Waals surface area contributed by atoms with Crippen LogP contribution in [0.25, 0.3) is 0 Å². The highest BCUT2D eigenvalue weighted by Gasteiger charge is 2.18. The van der Waals surface area contributed by atoms with Gasteiger partial charge in [0.05, 0.1) is 4.92 Å². The smallest absolute Gasteiger partial charge is 0.269 e. The Morgan fingerprint density at radius 2 is 1.76 bits per heavy atom. The molecule has 1 N–H and O–H groups in total. The van der Waals surface area contributed by atoms with E-state index in [4.69, 9.17) is 0 Å². The Morgan fingerprint density at radius 1 is 1.10 bits per heavy atom. The lowest BCUT2D eigenvalue weighted by atomic mass is 10.2. The molecule has 148 valence electrons. The Bertz CT molecular complexity index is 927. The van der Waals surface area contributed by atoms with Crippen LogP contribution in [0.3, 0.4) is 0 Å². The molecule has 8 heteroatoms. The van der Waals surface area contributed by atoms with E-state index < -0.39 is 10.8 Å². The van der Waals surface area contributed by atoms with E-state index in [-0.39, 0.29) is 11.3 Å². The van der Waals surface area contributed by atoms with Crippen LogP contribution in [0.5, 0.6) is 0 Å². The number of nitriles is 1. The lowest BCUT2D eigenvalue weighted by Crippen LogP contribution is -2.43. The van der Waals surface area contributed by atoms with Crippen LogP contribution in [-0.2, 0) is 11.3 Å². The van der Waals surface area contributed by atoms with Crippen molar-refractivity contribution in [3.8, 4) is 6.07 Å². The summed E-state index contributed by atoms with van der Waals surface area (Å²) in [6, 6.07) is 17.7. The predicted molar refractivity (Wildman–Crippen MR) is 109 cm³/mol. The zero-order valence-corrected chi connectivity index (χ0v) is 15.8. The molecule has 8 nitrogen and oxygen atoms in total. The van der Waals surface area contributed by atoms with Gasteiger partial charge in [0, 0.05) is 56.7 Å². The third kappa shape index (κ3) is 5.64. The number of carbonyl (C=O) groups excluding carboxylic acids is 1. The van der Waals surface area contributed by atoms with Crippen molar-refractivity contribution in [2.24, 2.45) is 0 Å². The molecule has 0 radical (unpaired) electrons. The number of benzene rings is 2. The fraction of sp³-hybridized carbons (Fsp3) is 0.238. The molecular weight excluding hydrogens is 370 g/mol. The Labute approximate surface area is 168 Å². The van der Waals surface area contributed by atoms with Crippen LogP contribution < -0.4 is 5.32 Å². The van der Waals surface area contributed by atoms with E-state index in [2.05, 4.69) is 22.3 Å². The Morgan fingerprint density at radius 3 is 2.34 bits per heavy atom. The number of hydrogen-bond acceptors (Lipinski definition) is 6. The van der Waals surface area contributed by atoms with Crippen molar-refractivity contribution in [3.63, 3.8) is 0 Å². The molecule has 0 saturated carbocycles. The molecule has 0 aromatic heterocycles. The molecule has 1 aliphatic heterocycles. The third-order valence-corrected chi connectivity index (χ3v) is 4.67. The topological polar surface area (TPSA) is 103 Å². The predicted octanol–water partition coefficient (Wildman–Crippen LogP) is 2.76. The van der Waals surface area contributed by atoms with Crippen LogP contribution in [0, 0.1) is 21.4 Å². The summed E-state index contributed by atoms with van der Waals surface area (Å²) in [6.45, 7) is 4.01. The van der Waals surface area contributed by atoms with Gasteiger partial charge < -0.3 is 10.2 Å². The molecule has 1 heterocycles. The summed E-state index contributed by atoms with van der Waals surface area (Å²) >= 11 is 0. The molecule has 3 rings (SSSR count). The SMILES string of the molecule is N#C/C(=C/N1CCN(Cc2ccccc2)CC1)C(=O)Nc1ccc([N+](=O)[O-])cc1. The summed E-state index contributed by atoms with van der Waals surface area (Å²) in [5, 5.41) is 22.7. The third-order valence-electron chi connectivity index (χ3n) is 4.67. The molecule has 0 unspecified atom stereocenters. The molecule has 1 aliphatic rings. The molecular formula is C21H21N5O3. The van der Waals surface area contributed by atoms with Crippen molar-refractivity contribution >= 4 is 17.3 Å². The Kier molecular flexibility index (Phi) is 6.55. The van der Waals surface area contributed by atoms with Crippen LogP contribution in [0.2, 0.25) is 0 Å². The number of amides is 1. The van der Waals surface area contributed by atoms with E-state index in [1.807, 2.05) is 29.2 Å². The monoisotopic (exact) mass is 391 g/mol. The lowest BCUT2D eigenvalue weighted by molar-refractivity contribution is -0.384. The number of non-ortho nitro benzene ring substituents is 1. The summed E-state index contributed by atoms with van der Waals surface area (Å²) in [6.07, 6.45) is 1.58. The summed E-state index contributed by atoms with van der Waals surface area (Å²) in [7, 11) is 0. The highest BCUT2D eigenvalue weighted by Crippen LogP contribution is 2.16. The van der Waals surface area contributed by atoms with E-state index in [9.17, 15) is 20.2 Å². The van der Waals surface area contributed by atoms with Gasteiger partial charge >= 0.3 is 0 Å². The highest BCUT2D eigenvalue weighted by atomic mass is 16.6. The number of carbonyl (C=O) groups is 1. The minimum Gasteiger partial charge on any atom is -0.374 e. The van der Waals surface area contributed by atoms with E-state index in [1.54, 1.807) is 6.20 Å². The minimum atomic E-state index is -0.534. The lowest BCUT2D eigenvalue weighted by Gasteiger charge is -2.34. The fourth-order valence-electron chi connectivity index (χ4n) is 3.08. The van der Waals surface area contributed by atoms with Gasteiger partial charge in [-0.1, -0.05) is 30.3 Å². The van der Waals surface area contributed by atoms with E-state index >= 15 is 0 Å². The quantitative estimate of drug-likeness (QED) is 0.352. The summed E-state index contributed by atoms with van der Waals surface area (Å²) in [5.74, 6) is -0.534. The molecule has 0 bridgehead atoms. The number of nitrogens with one attached hydrogen (secondary N) is 1. The normalized spacial score (nSPS) is 14.9. The van der Waals surface area contributed by atoms with Crippen LogP contribution in [0.1, 0.15) is 5.56 Å². The average molecular weight is 391 g/mol. The summed E-state index contributed by atoms with van der Waals surface area (Å²) in [4.78, 5) is 26.9. The van der Waals surface area contributed by atoms with E-state index in [0.717, 1.165) is 32.7 Å². The van der Waals surface area contributed by atoms with Gasteiger partial charge in [-0.05, 0) is 17.7 Å². The van der Waals surface area contributed by atoms with Gasteiger partial charge in [0.1, 0.15) is 11.6 Å². The first-order chi connectivity index (χ1) is 14.0. The molecule has 1 amide bonds. The number of rotatable bonds is 6. The van der Waals surface area contributed by atoms with Crippen LogP contribution in [-0.4, -0.2) is 46.8 Å². The van der Waals surface area contributed by atoms with Crippen molar-refractivity contribution in [3.05, 3.63) is 82.0 Å². The van der Waals surface area contributed by atoms with Gasteiger partial charge in [0.15, 0.2) is 0 Å². The standard InChI is InChI=1S/C21H21N5O3/c22-14-18(21(27)23-19-6-8-20(9-7-19)26(28)29)16-25-12-10-24(11-13-25)15-17-4-2-1-3-5-17/h1-9,16H,10-13,15H2,(H,23,27)/b18-16-. The minimum absolute atomic E-state index is 0.000128. The van der Waals surface area contributed by atoms with Crippen LogP contribution >= 0.6 is 0 Å². The highest BCUT2D eigenvalue weighted by molar-refractivity contribution is 6.06. The first-order valence-electron chi connectivity index (χ1n) is 9.23. The maximum Gasteiger partial charge on any atom is 0.269 e. The van der Waals surface area contributed by atoms with Gasteiger partial charge in [0.2, 0.25) is 0 Å². The second-order valence-corrected chi connectivity index (χ2v) is 6.71. The van der Waals surface area contributed by atoms with E-state index in [0.29, 0.717) is 5.69 Å². The zero-order valence-electron chi connectivity index (χ0n) is 15.8. The molecule has 1 saturated heterocycles. The number of anilines is 1. The molecule has 0 spiro atoms. The van der Waals surface area contributed by atoms with Gasteiger partial charge in [0.25, 0.3) is 11.6 Å².